The van der Waals surface area contributed by atoms with Crippen LogP contribution in [0.3, 0.4) is 0 Å². The van der Waals surface area contributed by atoms with E-state index in [1.807, 2.05) is 26.0 Å². The fourth-order valence-corrected chi connectivity index (χ4v) is 3.76. The van der Waals surface area contributed by atoms with Gasteiger partial charge in [0.25, 0.3) is 0 Å². The second-order valence-electron chi connectivity index (χ2n) is 7.53. The van der Waals surface area contributed by atoms with Crippen molar-refractivity contribution >= 4 is 5.96 Å². The van der Waals surface area contributed by atoms with Crippen molar-refractivity contribution in [2.24, 2.45) is 4.99 Å². The Morgan fingerprint density at radius 1 is 1.03 bits per heavy atom. The summed E-state index contributed by atoms with van der Waals surface area (Å²) < 4.78 is 24.4. The second-order valence-corrected chi connectivity index (χ2v) is 7.53. The van der Waals surface area contributed by atoms with E-state index in [0.29, 0.717) is 13.2 Å². The molecule has 2 N–H and O–H groups in total. The molecule has 162 valence electrons. The molecule has 0 unspecified atom stereocenters. The second kappa shape index (κ2) is 11.0. The molecular formula is C24H32FN3O2. The summed E-state index contributed by atoms with van der Waals surface area (Å²) >= 11 is 0. The molecule has 0 radical (unpaired) electrons. The molecule has 0 aromatic heterocycles. The summed E-state index contributed by atoms with van der Waals surface area (Å²) in [6.07, 6.45) is 1.90. The van der Waals surface area contributed by atoms with Crippen LogP contribution in [0.25, 0.3) is 0 Å². The Balaban J connectivity index is 1.72. The monoisotopic (exact) mass is 413 g/mol. The first-order valence-electron chi connectivity index (χ1n) is 10.7. The van der Waals surface area contributed by atoms with Crippen molar-refractivity contribution in [3.05, 3.63) is 65.5 Å². The van der Waals surface area contributed by atoms with Crippen LogP contribution in [0.5, 0.6) is 5.75 Å². The lowest BCUT2D eigenvalue weighted by atomic mass is 9.74. The van der Waals surface area contributed by atoms with Crippen molar-refractivity contribution in [3.63, 3.8) is 0 Å². The molecule has 1 fully saturated rings. The van der Waals surface area contributed by atoms with Gasteiger partial charge >= 0.3 is 0 Å². The number of rotatable bonds is 8. The van der Waals surface area contributed by atoms with Crippen LogP contribution in [0, 0.1) is 5.82 Å². The molecule has 30 heavy (non-hydrogen) atoms. The lowest BCUT2D eigenvalue weighted by molar-refractivity contribution is 0.0513. The topological polar surface area (TPSA) is 54.9 Å². The number of hydrogen-bond donors (Lipinski definition) is 2. The first-order chi connectivity index (χ1) is 14.6. The van der Waals surface area contributed by atoms with Gasteiger partial charge in [0.2, 0.25) is 0 Å². The van der Waals surface area contributed by atoms with Crippen molar-refractivity contribution in [2.45, 2.75) is 38.6 Å². The van der Waals surface area contributed by atoms with Crippen LogP contribution in [-0.2, 0) is 16.7 Å². The maximum atomic E-state index is 13.1. The highest BCUT2D eigenvalue weighted by molar-refractivity contribution is 5.79. The highest BCUT2D eigenvalue weighted by Gasteiger charge is 2.34. The Morgan fingerprint density at radius 2 is 1.73 bits per heavy atom. The molecule has 0 amide bonds. The number of benzene rings is 2. The number of halogens is 1. The summed E-state index contributed by atoms with van der Waals surface area (Å²) in [6, 6.07) is 14.9. The Labute approximate surface area is 178 Å². The van der Waals surface area contributed by atoms with Crippen LogP contribution in [0.15, 0.2) is 53.5 Å². The minimum atomic E-state index is -0.232. The van der Waals surface area contributed by atoms with Gasteiger partial charge in [0.1, 0.15) is 11.6 Å². The smallest absolute Gasteiger partial charge is 0.191 e. The zero-order valence-corrected chi connectivity index (χ0v) is 17.9. The predicted octanol–water partition coefficient (Wildman–Crippen LogP) is 4.03. The van der Waals surface area contributed by atoms with Crippen molar-refractivity contribution in [1.82, 2.24) is 10.6 Å². The van der Waals surface area contributed by atoms with E-state index in [0.717, 1.165) is 56.4 Å². The third-order valence-electron chi connectivity index (χ3n) is 5.50. The van der Waals surface area contributed by atoms with Gasteiger partial charge in [-0.15, -0.1) is 0 Å². The first kappa shape index (κ1) is 22.1. The van der Waals surface area contributed by atoms with Crippen molar-refractivity contribution in [2.75, 3.05) is 32.9 Å². The van der Waals surface area contributed by atoms with Gasteiger partial charge in [-0.25, -0.2) is 9.38 Å². The van der Waals surface area contributed by atoms with E-state index in [2.05, 4.69) is 27.8 Å². The van der Waals surface area contributed by atoms with Gasteiger partial charge in [-0.05, 0) is 62.1 Å². The van der Waals surface area contributed by atoms with Crippen LogP contribution < -0.4 is 15.4 Å². The van der Waals surface area contributed by atoms with E-state index in [1.165, 1.54) is 17.7 Å². The number of nitrogens with one attached hydrogen (secondary N) is 2. The van der Waals surface area contributed by atoms with E-state index < -0.39 is 0 Å². The zero-order chi connectivity index (χ0) is 21.2. The lowest BCUT2D eigenvalue weighted by Crippen LogP contribution is -2.48. The fraction of sp³-hybridized carbons (Fsp3) is 0.458. The molecule has 0 saturated carbocycles. The molecule has 2 aromatic carbocycles. The van der Waals surface area contributed by atoms with Crippen LogP contribution in [0.4, 0.5) is 4.39 Å². The van der Waals surface area contributed by atoms with E-state index in [4.69, 9.17) is 9.47 Å². The lowest BCUT2D eigenvalue weighted by Gasteiger charge is -2.38. The Kier molecular flexibility index (Phi) is 8.08. The molecule has 5 nitrogen and oxygen atoms in total. The number of hydrogen-bond acceptors (Lipinski definition) is 3. The molecule has 0 bridgehead atoms. The molecule has 2 aromatic rings. The van der Waals surface area contributed by atoms with Crippen molar-refractivity contribution < 1.29 is 13.9 Å². The summed E-state index contributed by atoms with van der Waals surface area (Å²) in [5, 5.41) is 6.84. The molecule has 1 aliphatic heterocycles. The highest BCUT2D eigenvalue weighted by atomic mass is 19.1. The maximum Gasteiger partial charge on any atom is 0.191 e. The van der Waals surface area contributed by atoms with Gasteiger partial charge in [-0.3, -0.25) is 0 Å². The van der Waals surface area contributed by atoms with Gasteiger partial charge in [-0.1, -0.05) is 24.3 Å². The summed E-state index contributed by atoms with van der Waals surface area (Å²) in [7, 11) is 0. The van der Waals surface area contributed by atoms with E-state index in [9.17, 15) is 4.39 Å². The predicted molar refractivity (Wildman–Crippen MR) is 119 cm³/mol. The van der Waals surface area contributed by atoms with Gasteiger partial charge in [0.05, 0.1) is 13.2 Å². The maximum absolute atomic E-state index is 13.1. The average Bonchev–Trinajstić information content (AvgIpc) is 2.78. The number of aliphatic imine (C=N–C) groups is 1. The van der Waals surface area contributed by atoms with E-state index >= 15 is 0 Å². The Hall–Kier alpha value is -2.60. The average molecular weight is 414 g/mol. The van der Waals surface area contributed by atoms with Gasteiger partial charge in [0, 0.05) is 31.7 Å². The minimum absolute atomic E-state index is 0.0188. The Bertz CT molecular complexity index is 800. The van der Waals surface area contributed by atoms with Crippen LogP contribution in [-0.4, -0.2) is 38.9 Å². The summed E-state index contributed by atoms with van der Waals surface area (Å²) in [4.78, 5) is 4.68. The van der Waals surface area contributed by atoms with Crippen molar-refractivity contribution in [1.29, 1.82) is 0 Å². The summed E-state index contributed by atoms with van der Waals surface area (Å²) in [5.41, 5.74) is 2.24. The summed E-state index contributed by atoms with van der Waals surface area (Å²) in [6.45, 7) is 8.23. The first-order valence-corrected chi connectivity index (χ1v) is 10.7. The molecule has 6 heteroatoms. The third-order valence-corrected chi connectivity index (χ3v) is 5.50. The zero-order valence-electron chi connectivity index (χ0n) is 17.9. The molecule has 1 aliphatic rings. The van der Waals surface area contributed by atoms with Crippen LogP contribution in [0.1, 0.15) is 37.8 Å². The third kappa shape index (κ3) is 5.95. The normalized spacial score (nSPS) is 16.2. The number of guanidine groups is 1. The molecular weight excluding hydrogens is 381 g/mol. The molecule has 1 heterocycles. The van der Waals surface area contributed by atoms with Crippen LogP contribution >= 0.6 is 0 Å². The number of ether oxygens (including phenoxy) is 2. The SMILES string of the molecule is CCNC(=NCc1ccc(F)cc1)NCC1(c2ccc(OCC)cc2)CCOCC1. The highest BCUT2D eigenvalue weighted by Crippen LogP contribution is 2.35. The fourth-order valence-electron chi connectivity index (χ4n) is 3.76. The van der Waals surface area contributed by atoms with Gasteiger partial charge < -0.3 is 20.1 Å². The quantitative estimate of drug-likeness (QED) is 0.507. The largest absolute Gasteiger partial charge is 0.494 e. The molecule has 0 aliphatic carbocycles. The Morgan fingerprint density at radius 3 is 2.37 bits per heavy atom. The van der Waals surface area contributed by atoms with Crippen LogP contribution in [0.2, 0.25) is 0 Å². The minimum Gasteiger partial charge on any atom is -0.494 e. The van der Waals surface area contributed by atoms with E-state index in [-0.39, 0.29) is 11.2 Å². The molecule has 1 saturated heterocycles. The molecule has 0 atom stereocenters. The summed E-state index contributed by atoms with van der Waals surface area (Å²) in [5.74, 6) is 1.42. The van der Waals surface area contributed by atoms with Gasteiger partial charge in [-0.2, -0.15) is 0 Å². The van der Waals surface area contributed by atoms with E-state index in [1.54, 1.807) is 12.1 Å². The standard InChI is InChI=1S/C24H32FN3O2/c1-3-26-23(27-17-19-5-9-21(25)10-6-19)28-18-24(13-15-29-16-14-24)20-7-11-22(12-8-20)30-4-2/h5-12H,3-4,13-18H2,1-2H3,(H2,26,27,28). The van der Waals surface area contributed by atoms with Gasteiger partial charge in [0.15, 0.2) is 5.96 Å². The molecule has 3 rings (SSSR count). The van der Waals surface area contributed by atoms with Crippen molar-refractivity contribution in [3.8, 4) is 5.75 Å². The number of nitrogens with zero attached hydrogens (tertiary/aromatic N) is 1. The molecule has 0 spiro atoms.